The SMILES string of the molecule is Cc1ccc(S(=O)(=O)N2Cc3ccccc3C[C@H]2C(=O)Nc2cccc(C)c2)cc1. The topological polar surface area (TPSA) is 66.5 Å². The first-order valence-corrected chi connectivity index (χ1v) is 11.3. The Balaban J connectivity index is 1.71. The van der Waals surface area contributed by atoms with Crippen molar-refractivity contribution in [2.75, 3.05) is 5.32 Å². The van der Waals surface area contributed by atoms with Gasteiger partial charge >= 0.3 is 0 Å². The van der Waals surface area contributed by atoms with E-state index in [1.54, 1.807) is 30.3 Å². The Morgan fingerprint density at radius 3 is 2.30 bits per heavy atom. The molecule has 4 rings (SSSR count). The van der Waals surface area contributed by atoms with Crippen LogP contribution in [0.2, 0.25) is 0 Å². The fraction of sp³-hybridized carbons (Fsp3) is 0.208. The van der Waals surface area contributed by atoms with Gasteiger partial charge in [0.2, 0.25) is 15.9 Å². The molecule has 1 aliphatic rings. The van der Waals surface area contributed by atoms with Crippen molar-refractivity contribution in [2.45, 2.75) is 37.8 Å². The van der Waals surface area contributed by atoms with Gasteiger partial charge in [-0.05, 0) is 61.2 Å². The largest absolute Gasteiger partial charge is 0.325 e. The predicted molar refractivity (Wildman–Crippen MR) is 118 cm³/mol. The van der Waals surface area contributed by atoms with Gasteiger partial charge in [0.05, 0.1) is 4.90 Å². The number of nitrogens with one attached hydrogen (secondary N) is 1. The smallest absolute Gasteiger partial charge is 0.244 e. The molecule has 1 aliphatic heterocycles. The summed E-state index contributed by atoms with van der Waals surface area (Å²) in [6.07, 6.45) is 0.332. The minimum atomic E-state index is -3.84. The highest BCUT2D eigenvalue weighted by molar-refractivity contribution is 7.89. The molecule has 154 valence electrons. The number of hydrogen-bond acceptors (Lipinski definition) is 3. The molecule has 0 saturated carbocycles. The Morgan fingerprint density at radius 2 is 1.60 bits per heavy atom. The van der Waals surface area contributed by atoms with E-state index in [1.807, 2.05) is 56.3 Å². The number of hydrogen-bond donors (Lipinski definition) is 1. The van der Waals surface area contributed by atoms with Gasteiger partial charge in [0.25, 0.3) is 0 Å². The summed E-state index contributed by atoms with van der Waals surface area (Å²) in [5, 5.41) is 2.90. The molecule has 0 aromatic heterocycles. The second-order valence-corrected chi connectivity index (χ2v) is 9.60. The quantitative estimate of drug-likeness (QED) is 0.692. The molecule has 1 atom stereocenters. The maximum atomic E-state index is 13.5. The molecule has 3 aromatic carbocycles. The maximum absolute atomic E-state index is 13.5. The zero-order valence-electron chi connectivity index (χ0n) is 17.0. The molecule has 1 N–H and O–H groups in total. The standard InChI is InChI=1S/C24H24N2O3S/c1-17-10-12-22(13-11-17)30(28,29)26-16-20-8-4-3-7-19(20)15-23(26)24(27)25-21-9-5-6-18(2)14-21/h3-14,23H,15-16H2,1-2H3,(H,25,27)/t23-/m0/s1. The molecule has 5 nitrogen and oxygen atoms in total. The van der Waals surface area contributed by atoms with Crippen LogP contribution in [0.15, 0.2) is 77.7 Å². The molecule has 0 fully saturated rings. The van der Waals surface area contributed by atoms with Crippen LogP contribution >= 0.6 is 0 Å². The van der Waals surface area contributed by atoms with Gasteiger partial charge in [0, 0.05) is 12.2 Å². The first-order chi connectivity index (χ1) is 14.3. The second kappa shape index (κ2) is 8.05. The zero-order valence-corrected chi connectivity index (χ0v) is 17.8. The predicted octanol–water partition coefficient (Wildman–Crippen LogP) is 4.06. The number of rotatable bonds is 4. The summed E-state index contributed by atoms with van der Waals surface area (Å²) in [5.74, 6) is -0.328. The van der Waals surface area contributed by atoms with E-state index in [9.17, 15) is 13.2 Å². The van der Waals surface area contributed by atoms with Crippen LogP contribution in [-0.2, 0) is 27.8 Å². The third kappa shape index (κ3) is 4.01. The molecule has 0 saturated heterocycles. The Bertz CT molecular complexity index is 1190. The highest BCUT2D eigenvalue weighted by Gasteiger charge is 2.39. The van der Waals surface area contributed by atoms with Gasteiger partial charge in [-0.3, -0.25) is 4.79 Å². The normalized spacial score (nSPS) is 16.7. The van der Waals surface area contributed by atoms with Crippen molar-refractivity contribution >= 4 is 21.6 Å². The van der Waals surface area contributed by atoms with Crippen LogP contribution < -0.4 is 5.32 Å². The number of carbonyl (C=O) groups is 1. The summed E-state index contributed by atoms with van der Waals surface area (Å²) in [4.78, 5) is 13.4. The summed E-state index contributed by atoms with van der Waals surface area (Å²) in [7, 11) is -3.84. The molecule has 0 spiro atoms. The highest BCUT2D eigenvalue weighted by atomic mass is 32.2. The van der Waals surface area contributed by atoms with Gasteiger partial charge in [0.15, 0.2) is 0 Å². The van der Waals surface area contributed by atoms with E-state index in [0.717, 1.165) is 22.3 Å². The van der Waals surface area contributed by atoms with Gasteiger partial charge in [-0.15, -0.1) is 0 Å². The summed E-state index contributed by atoms with van der Waals surface area (Å²) >= 11 is 0. The first kappa shape index (κ1) is 20.3. The van der Waals surface area contributed by atoms with E-state index >= 15 is 0 Å². The van der Waals surface area contributed by atoms with Crippen molar-refractivity contribution in [1.82, 2.24) is 4.31 Å². The van der Waals surface area contributed by atoms with Crippen molar-refractivity contribution in [2.24, 2.45) is 0 Å². The van der Waals surface area contributed by atoms with Crippen molar-refractivity contribution in [3.05, 3.63) is 95.1 Å². The van der Waals surface area contributed by atoms with Gasteiger partial charge in [-0.2, -0.15) is 4.31 Å². The summed E-state index contributed by atoms with van der Waals surface area (Å²) in [6.45, 7) is 4.02. The summed E-state index contributed by atoms with van der Waals surface area (Å²) < 4.78 is 28.3. The second-order valence-electron chi connectivity index (χ2n) is 7.71. The van der Waals surface area contributed by atoms with Crippen LogP contribution in [0.4, 0.5) is 5.69 Å². The van der Waals surface area contributed by atoms with Gasteiger partial charge in [0.1, 0.15) is 6.04 Å². The molecule has 0 unspecified atom stereocenters. The zero-order chi connectivity index (χ0) is 21.3. The molecule has 0 bridgehead atoms. The fourth-order valence-electron chi connectivity index (χ4n) is 3.77. The van der Waals surface area contributed by atoms with Crippen LogP contribution in [0.5, 0.6) is 0 Å². The van der Waals surface area contributed by atoms with Gasteiger partial charge in [-0.1, -0.05) is 54.1 Å². The average molecular weight is 421 g/mol. The molecule has 1 amide bonds. The number of aryl methyl sites for hydroxylation is 2. The van der Waals surface area contributed by atoms with Crippen molar-refractivity contribution < 1.29 is 13.2 Å². The maximum Gasteiger partial charge on any atom is 0.244 e. The summed E-state index contributed by atoms with van der Waals surface area (Å²) in [5.41, 5.74) is 4.58. The third-order valence-electron chi connectivity index (χ3n) is 5.42. The monoisotopic (exact) mass is 420 g/mol. The number of fused-ring (bicyclic) bond motifs is 1. The van der Waals surface area contributed by atoms with Crippen molar-refractivity contribution in [3.8, 4) is 0 Å². The number of nitrogens with zero attached hydrogens (tertiary/aromatic N) is 1. The fourth-order valence-corrected chi connectivity index (χ4v) is 5.33. The Morgan fingerprint density at radius 1 is 0.900 bits per heavy atom. The first-order valence-electron chi connectivity index (χ1n) is 9.87. The van der Waals surface area contributed by atoms with Crippen LogP contribution in [0.25, 0.3) is 0 Å². The Kier molecular flexibility index (Phi) is 5.45. The van der Waals surface area contributed by atoms with E-state index in [4.69, 9.17) is 0 Å². The molecule has 0 radical (unpaired) electrons. The third-order valence-corrected chi connectivity index (χ3v) is 7.29. The van der Waals surface area contributed by atoms with Gasteiger partial charge < -0.3 is 5.32 Å². The molecule has 0 aliphatic carbocycles. The lowest BCUT2D eigenvalue weighted by atomic mass is 9.95. The lowest BCUT2D eigenvalue weighted by Gasteiger charge is -2.35. The lowest BCUT2D eigenvalue weighted by molar-refractivity contribution is -0.120. The van der Waals surface area contributed by atoms with E-state index in [2.05, 4.69) is 5.32 Å². The number of benzene rings is 3. The molecule has 1 heterocycles. The van der Waals surface area contributed by atoms with E-state index < -0.39 is 16.1 Å². The highest BCUT2D eigenvalue weighted by Crippen LogP contribution is 2.30. The van der Waals surface area contributed by atoms with E-state index in [-0.39, 0.29) is 17.3 Å². The minimum Gasteiger partial charge on any atom is -0.325 e. The molecule has 3 aromatic rings. The Labute approximate surface area is 177 Å². The molecule has 6 heteroatoms. The van der Waals surface area contributed by atoms with Crippen LogP contribution in [0.1, 0.15) is 22.3 Å². The minimum absolute atomic E-state index is 0.165. The molecule has 30 heavy (non-hydrogen) atoms. The van der Waals surface area contributed by atoms with Gasteiger partial charge in [-0.25, -0.2) is 8.42 Å². The van der Waals surface area contributed by atoms with Crippen molar-refractivity contribution in [1.29, 1.82) is 0 Å². The molecular weight excluding hydrogens is 396 g/mol. The van der Waals surface area contributed by atoms with Crippen LogP contribution in [0.3, 0.4) is 0 Å². The number of anilines is 1. The molecular formula is C24H24N2O3S. The average Bonchev–Trinajstić information content (AvgIpc) is 2.73. The van der Waals surface area contributed by atoms with E-state index in [1.165, 1.54) is 4.31 Å². The van der Waals surface area contributed by atoms with E-state index in [0.29, 0.717) is 12.1 Å². The number of carbonyl (C=O) groups excluding carboxylic acids is 1. The van der Waals surface area contributed by atoms with Crippen molar-refractivity contribution in [3.63, 3.8) is 0 Å². The van der Waals surface area contributed by atoms with Crippen LogP contribution in [0, 0.1) is 13.8 Å². The Hall–Kier alpha value is -2.96. The number of amides is 1. The van der Waals surface area contributed by atoms with Crippen LogP contribution in [-0.4, -0.2) is 24.7 Å². The summed E-state index contributed by atoms with van der Waals surface area (Å²) in [6, 6.07) is 21.1. The lowest BCUT2D eigenvalue weighted by Crippen LogP contribution is -2.50. The number of sulfonamides is 1.